The van der Waals surface area contributed by atoms with Crippen LogP contribution < -0.4 is 0 Å². The van der Waals surface area contributed by atoms with E-state index >= 15 is 0 Å². The first-order valence-corrected chi connectivity index (χ1v) is 6.02. The summed E-state index contributed by atoms with van der Waals surface area (Å²) in [4.78, 5) is 15.6. The monoisotopic (exact) mass is 288 g/mol. The van der Waals surface area contributed by atoms with Crippen LogP contribution in [0.15, 0.2) is 12.1 Å². The van der Waals surface area contributed by atoms with E-state index in [0.29, 0.717) is 0 Å². The molecule has 0 N–H and O–H groups in total. The first-order valence-electron chi connectivity index (χ1n) is 5.49. The Morgan fingerprint density at radius 3 is 2.79 bits per heavy atom. The maximum atomic E-state index is 13.6. The number of esters is 1. The molecule has 1 unspecified atom stereocenters. The molecule has 0 spiro atoms. The second kappa shape index (κ2) is 5.13. The molecule has 4 nitrogen and oxygen atoms in total. The van der Waals surface area contributed by atoms with Crippen molar-refractivity contribution in [2.45, 2.75) is 18.8 Å². The molecule has 1 atom stereocenters. The summed E-state index contributed by atoms with van der Waals surface area (Å²) in [6, 6.07) is 1.08. The summed E-state index contributed by atoms with van der Waals surface area (Å²) < 4.78 is 33.0. The number of hydrogen-bond donors (Lipinski definition) is 0. The largest absolute Gasteiger partial charge is 0.467 e. The number of benzene rings is 1. The molecule has 0 bridgehead atoms. The number of imidazole rings is 1. The molecule has 19 heavy (non-hydrogen) atoms. The van der Waals surface area contributed by atoms with Gasteiger partial charge in [-0.1, -0.05) is 0 Å². The van der Waals surface area contributed by atoms with Crippen molar-refractivity contribution in [1.29, 1.82) is 0 Å². The minimum Gasteiger partial charge on any atom is -0.467 e. The summed E-state index contributed by atoms with van der Waals surface area (Å²) in [5, 5.41) is 0. The summed E-state index contributed by atoms with van der Waals surface area (Å²) in [6.45, 7) is 1.55. The fourth-order valence-corrected chi connectivity index (χ4v) is 2.16. The zero-order chi connectivity index (χ0) is 14.2. The molecule has 0 saturated heterocycles. The molecule has 2 aromatic rings. The Morgan fingerprint density at radius 2 is 2.21 bits per heavy atom. The van der Waals surface area contributed by atoms with E-state index in [1.165, 1.54) is 11.7 Å². The van der Waals surface area contributed by atoms with Crippen LogP contribution in [0.4, 0.5) is 8.78 Å². The highest BCUT2D eigenvalue weighted by atomic mass is 35.5. The van der Waals surface area contributed by atoms with E-state index in [2.05, 4.69) is 9.72 Å². The van der Waals surface area contributed by atoms with Crippen molar-refractivity contribution in [1.82, 2.24) is 9.55 Å². The number of halogens is 3. The molecule has 0 aliphatic rings. The first-order chi connectivity index (χ1) is 8.99. The number of alkyl halides is 1. The third kappa shape index (κ3) is 2.28. The van der Waals surface area contributed by atoms with E-state index in [1.54, 1.807) is 6.92 Å². The number of carbonyl (C=O) groups is 1. The van der Waals surface area contributed by atoms with Crippen LogP contribution in [0.25, 0.3) is 11.0 Å². The summed E-state index contributed by atoms with van der Waals surface area (Å²) in [5.41, 5.74) is 0.152. The Morgan fingerprint density at radius 1 is 1.53 bits per heavy atom. The van der Waals surface area contributed by atoms with Gasteiger partial charge in [0.1, 0.15) is 23.2 Å². The van der Waals surface area contributed by atoms with E-state index in [4.69, 9.17) is 11.6 Å². The van der Waals surface area contributed by atoms with Crippen molar-refractivity contribution in [3.05, 3.63) is 29.6 Å². The highest BCUT2D eigenvalue weighted by Gasteiger charge is 2.23. The quantitative estimate of drug-likeness (QED) is 0.644. The number of nitrogens with zero attached hydrogens (tertiary/aromatic N) is 2. The summed E-state index contributed by atoms with van der Waals surface area (Å²) >= 11 is 5.74. The minimum absolute atomic E-state index is 0.0206. The summed E-state index contributed by atoms with van der Waals surface area (Å²) in [6.07, 6.45) is 0. The lowest BCUT2D eigenvalue weighted by Crippen LogP contribution is -2.19. The van der Waals surface area contributed by atoms with Gasteiger partial charge >= 0.3 is 5.97 Å². The molecule has 0 aliphatic heterocycles. The summed E-state index contributed by atoms with van der Waals surface area (Å²) in [5.74, 6) is -1.84. The molecular weight excluding hydrogens is 278 g/mol. The third-order valence-electron chi connectivity index (χ3n) is 2.84. The van der Waals surface area contributed by atoms with E-state index in [-0.39, 0.29) is 22.7 Å². The van der Waals surface area contributed by atoms with Gasteiger partial charge in [-0.05, 0) is 6.92 Å². The zero-order valence-electron chi connectivity index (χ0n) is 10.3. The van der Waals surface area contributed by atoms with Gasteiger partial charge in [-0.25, -0.2) is 18.6 Å². The number of methoxy groups -OCH3 is 1. The van der Waals surface area contributed by atoms with E-state index in [9.17, 15) is 13.6 Å². The molecule has 0 fully saturated rings. The molecule has 2 rings (SSSR count). The number of fused-ring (bicyclic) bond motifs is 1. The molecule has 1 heterocycles. The van der Waals surface area contributed by atoms with Crippen LogP contribution in [0.1, 0.15) is 18.8 Å². The van der Waals surface area contributed by atoms with Gasteiger partial charge in [0.2, 0.25) is 0 Å². The molecule has 0 amide bonds. The van der Waals surface area contributed by atoms with Crippen LogP contribution in [0.2, 0.25) is 0 Å². The SMILES string of the molecule is COC(=O)C(C)n1c(CCl)nc2c(F)cc(F)cc21. The molecule has 7 heteroatoms. The summed E-state index contributed by atoms with van der Waals surface area (Å²) in [7, 11) is 1.24. The molecule has 102 valence electrons. The minimum atomic E-state index is -0.794. The van der Waals surface area contributed by atoms with E-state index < -0.39 is 23.6 Å². The van der Waals surface area contributed by atoms with Crippen LogP contribution in [0.5, 0.6) is 0 Å². The van der Waals surface area contributed by atoms with Crippen molar-refractivity contribution in [2.75, 3.05) is 7.11 Å². The van der Waals surface area contributed by atoms with Crippen LogP contribution >= 0.6 is 11.6 Å². The highest BCUT2D eigenvalue weighted by Crippen LogP contribution is 2.26. The topological polar surface area (TPSA) is 44.1 Å². The fraction of sp³-hybridized carbons (Fsp3) is 0.333. The van der Waals surface area contributed by atoms with Gasteiger partial charge in [-0.2, -0.15) is 0 Å². The van der Waals surface area contributed by atoms with Crippen molar-refractivity contribution in [3.63, 3.8) is 0 Å². The third-order valence-corrected chi connectivity index (χ3v) is 3.07. The average Bonchev–Trinajstić information content (AvgIpc) is 2.75. The number of ether oxygens (including phenoxy) is 1. The molecule has 0 aliphatic carbocycles. The number of hydrogen-bond acceptors (Lipinski definition) is 3. The first kappa shape index (κ1) is 13.7. The van der Waals surface area contributed by atoms with Crippen LogP contribution in [-0.4, -0.2) is 22.6 Å². The van der Waals surface area contributed by atoms with Crippen molar-refractivity contribution >= 4 is 28.6 Å². The van der Waals surface area contributed by atoms with Crippen LogP contribution in [0, 0.1) is 11.6 Å². The van der Waals surface area contributed by atoms with Crippen molar-refractivity contribution < 1.29 is 18.3 Å². The van der Waals surface area contributed by atoms with Crippen LogP contribution in [0.3, 0.4) is 0 Å². The van der Waals surface area contributed by atoms with Gasteiger partial charge < -0.3 is 9.30 Å². The van der Waals surface area contributed by atoms with Crippen molar-refractivity contribution in [2.24, 2.45) is 0 Å². The smallest absolute Gasteiger partial charge is 0.328 e. The average molecular weight is 289 g/mol. The Balaban J connectivity index is 2.73. The molecule has 1 aromatic heterocycles. The number of carbonyl (C=O) groups excluding carboxylic acids is 1. The number of aromatic nitrogens is 2. The molecule has 0 radical (unpaired) electrons. The van der Waals surface area contributed by atoms with Gasteiger partial charge in [0.25, 0.3) is 0 Å². The Labute approximate surface area is 112 Å². The van der Waals surface area contributed by atoms with Gasteiger partial charge in [0, 0.05) is 12.1 Å². The van der Waals surface area contributed by atoms with Crippen molar-refractivity contribution in [3.8, 4) is 0 Å². The lowest BCUT2D eigenvalue weighted by molar-refractivity contribution is -0.143. The molecule has 1 aromatic carbocycles. The second-order valence-corrected chi connectivity index (χ2v) is 4.25. The lowest BCUT2D eigenvalue weighted by atomic mass is 10.2. The van der Waals surface area contributed by atoms with E-state index in [0.717, 1.165) is 12.1 Å². The standard InChI is InChI=1S/C12H11ClF2N2O2/c1-6(12(18)19-2)17-9-4-7(14)3-8(15)11(9)16-10(17)5-13/h3-4,6H,5H2,1-2H3. The second-order valence-electron chi connectivity index (χ2n) is 3.99. The molecule has 0 saturated carbocycles. The Hall–Kier alpha value is -1.69. The van der Waals surface area contributed by atoms with Gasteiger partial charge in [-0.15, -0.1) is 11.6 Å². The molecular formula is C12H11ClF2N2O2. The Bertz CT molecular complexity index is 642. The maximum absolute atomic E-state index is 13.6. The van der Waals surface area contributed by atoms with Gasteiger partial charge in [0.15, 0.2) is 5.82 Å². The fourth-order valence-electron chi connectivity index (χ4n) is 1.97. The maximum Gasteiger partial charge on any atom is 0.328 e. The lowest BCUT2D eigenvalue weighted by Gasteiger charge is -2.14. The predicted molar refractivity (Wildman–Crippen MR) is 65.9 cm³/mol. The van der Waals surface area contributed by atoms with Crippen LogP contribution in [-0.2, 0) is 15.4 Å². The van der Waals surface area contributed by atoms with Gasteiger partial charge in [0.05, 0.1) is 18.5 Å². The van der Waals surface area contributed by atoms with E-state index in [1.807, 2.05) is 0 Å². The normalized spacial score (nSPS) is 12.7. The predicted octanol–water partition coefficient (Wildman–Crippen LogP) is 2.79. The van der Waals surface area contributed by atoms with Gasteiger partial charge in [-0.3, -0.25) is 0 Å². The highest BCUT2D eigenvalue weighted by molar-refractivity contribution is 6.16. The Kier molecular flexibility index (Phi) is 3.71. The zero-order valence-corrected chi connectivity index (χ0v) is 11.0. The number of rotatable bonds is 3.